The number of aryl methyl sites for hydroxylation is 1. The summed E-state index contributed by atoms with van der Waals surface area (Å²) in [5, 5.41) is 0. The van der Waals surface area contributed by atoms with Crippen molar-refractivity contribution in [1.29, 1.82) is 0 Å². The van der Waals surface area contributed by atoms with Gasteiger partial charge in [0.1, 0.15) is 18.4 Å². The van der Waals surface area contributed by atoms with Crippen LogP contribution in [0, 0.1) is 0 Å². The Kier molecular flexibility index (Phi) is 1.30. The van der Waals surface area contributed by atoms with E-state index in [1.807, 2.05) is 29.9 Å². The highest BCUT2D eigenvalue weighted by molar-refractivity contribution is 5.81. The number of hydrogen-bond donors (Lipinski definition) is 1. The van der Waals surface area contributed by atoms with Crippen molar-refractivity contribution in [3.63, 3.8) is 0 Å². The highest BCUT2D eigenvalue weighted by Crippen LogP contribution is 2.20. The fraction of sp³-hybridized carbons (Fsp3) is 0.250. The molecule has 0 spiro atoms. The molecule has 4 heteroatoms. The van der Waals surface area contributed by atoms with Crippen LogP contribution in [0.2, 0.25) is 0 Å². The van der Waals surface area contributed by atoms with Gasteiger partial charge in [0, 0.05) is 19.3 Å². The lowest BCUT2D eigenvalue weighted by Crippen LogP contribution is -2.01. The van der Waals surface area contributed by atoms with Crippen molar-refractivity contribution in [1.82, 2.24) is 9.30 Å². The van der Waals surface area contributed by atoms with Crippen LogP contribution in [0.1, 0.15) is 0 Å². The van der Waals surface area contributed by atoms with Gasteiger partial charge in [-0.2, -0.15) is 4.73 Å². The molecule has 0 bridgehead atoms. The summed E-state index contributed by atoms with van der Waals surface area (Å²) in [6, 6.07) is 3.86. The summed E-state index contributed by atoms with van der Waals surface area (Å²) < 4.78 is 3.61. The third-order valence-corrected chi connectivity index (χ3v) is 2.10. The van der Waals surface area contributed by atoms with Crippen LogP contribution in [0.5, 0.6) is 0 Å². The summed E-state index contributed by atoms with van der Waals surface area (Å²) >= 11 is 0. The van der Waals surface area contributed by atoms with E-state index in [1.54, 1.807) is 11.8 Å². The maximum Gasteiger partial charge on any atom is 0.107 e. The lowest BCUT2D eigenvalue weighted by Gasteiger charge is -1.97. The third kappa shape index (κ3) is 0.717. The normalized spacial score (nSPS) is 10.8. The Morgan fingerprint density at radius 1 is 1.42 bits per heavy atom. The van der Waals surface area contributed by atoms with Crippen LogP contribution in [-0.2, 0) is 7.05 Å². The van der Waals surface area contributed by atoms with E-state index in [-0.39, 0.29) is 0 Å². The molecule has 0 radical (unpaired) electrons. The molecule has 0 amide bonds. The number of aromatic nitrogens is 2. The third-order valence-electron chi connectivity index (χ3n) is 2.10. The van der Waals surface area contributed by atoms with Gasteiger partial charge < -0.3 is 15.1 Å². The molecule has 0 aromatic carbocycles. The van der Waals surface area contributed by atoms with Crippen molar-refractivity contribution >= 4 is 16.9 Å². The highest BCUT2D eigenvalue weighted by atomic mass is 16.6. The van der Waals surface area contributed by atoms with Gasteiger partial charge in [0.2, 0.25) is 0 Å². The smallest absolute Gasteiger partial charge is 0.107 e. The van der Waals surface area contributed by atoms with Gasteiger partial charge in [0.25, 0.3) is 0 Å². The Bertz CT molecular complexity index is 413. The largest absolute Gasteiger partial charge is 0.417 e. The van der Waals surface area contributed by atoms with E-state index in [1.165, 1.54) is 0 Å². The molecule has 2 heterocycles. The highest BCUT2D eigenvalue weighted by Gasteiger charge is 2.06. The Balaban J connectivity index is 2.79. The first kappa shape index (κ1) is 7.09. The topological polar surface area (TPSA) is 45.1 Å². The van der Waals surface area contributed by atoms with Crippen molar-refractivity contribution in [2.75, 3.05) is 12.8 Å². The summed E-state index contributed by atoms with van der Waals surface area (Å²) in [4.78, 5) is 5.08. The zero-order valence-electron chi connectivity index (χ0n) is 7.11. The molecule has 0 unspecified atom stereocenters. The number of nitrogens with two attached hydrogens (primary N) is 1. The first-order valence-electron chi connectivity index (χ1n) is 3.71. The molecule has 4 nitrogen and oxygen atoms in total. The second-order valence-corrected chi connectivity index (χ2v) is 2.72. The standard InChI is InChI=1S/C8H11N3O/c1-10-6-3-4-11(12-2)7(6)5-8(10)9/h3-5H,9H2,1-2H3. The SMILES string of the molecule is COn1ccc2c1cc(N)n2C. The number of rotatable bonds is 1. The maximum atomic E-state index is 5.71. The molecule has 2 aromatic heterocycles. The number of fused-ring (bicyclic) bond motifs is 1. The van der Waals surface area contributed by atoms with Gasteiger partial charge in [-0.3, -0.25) is 0 Å². The van der Waals surface area contributed by atoms with Crippen molar-refractivity contribution in [3.8, 4) is 0 Å². The molecule has 0 saturated heterocycles. The summed E-state index contributed by atoms with van der Waals surface area (Å²) in [6.07, 6.45) is 1.87. The molecule has 2 N–H and O–H groups in total. The lowest BCUT2D eigenvalue weighted by atomic mass is 10.5. The van der Waals surface area contributed by atoms with Crippen molar-refractivity contribution in [2.24, 2.45) is 7.05 Å². The van der Waals surface area contributed by atoms with E-state index in [2.05, 4.69) is 0 Å². The maximum absolute atomic E-state index is 5.71. The fourth-order valence-electron chi connectivity index (χ4n) is 1.37. The van der Waals surface area contributed by atoms with Gasteiger partial charge >= 0.3 is 0 Å². The van der Waals surface area contributed by atoms with Crippen molar-refractivity contribution < 1.29 is 4.84 Å². The van der Waals surface area contributed by atoms with Gasteiger partial charge in [-0.15, -0.1) is 0 Å². The predicted octanol–water partition coefficient (Wildman–Crippen LogP) is 0.620. The molecule has 12 heavy (non-hydrogen) atoms. The molecule has 0 aliphatic heterocycles. The van der Waals surface area contributed by atoms with E-state index < -0.39 is 0 Å². The average molecular weight is 165 g/mol. The zero-order chi connectivity index (χ0) is 8.72. The zero-order valence-corrected chi connectivity index (χ0v) is 7.11. The van der Waals surface area contributed by atoms with Gasteiger partial charge in [-0.05, 0) is 6.07 Å². The molecular formula is C8H11N3O. The van der Waals surface area contributed by atoms with Crippen LogP contribution in [0.15, 0.2) is 18.3 Å². The fourth-order valence-corrected chi connectivity index (χ4v) is 1.37. The molecule has 2 rings (SSSR count). The minimum atomic E-state index is 0.742. The Labute approximate surface area is 70.1 Å². The van der Waals surface area contributed by atoms with Gasteiger partial charge in [0.05, 0.1) is 5.52 Å². The van der Waals surface area contributed by atoms with Crippen LogP contribution >= 0.6 is 0 Å². The molecule has 0 saturated carbocycles. The molecule has 0 aliphatic carbocycles. The van der Waals surface area contributed by atoms with Crippen LogP contribution in [0.25, 0.3) is 11.0 Å². The summed E-state index contributed by atoms with van der Waals surface area (Å²) in [5.41, 5.74) is 7.79. The van der Waals surface area contributed by atoms with Crippen LogP contribution in [-0.4, -0.2) is 16.4 Å². The number of hydrogen-bond acceptors (Lipinski definition) is 2. The molecule has 0 aliphatic rings. The van der Waals surface area contributed by atoms with Crippen LogP contribution in [0.4, 0.5) is 5.82 Å². The molecular weight excluding hydrogens is 154 g/mol. The van der Waals surface area contributed by atoms with Crippen LogP contribution < -0.4 is 10.6 Å². The molecule has 64 valence electrons. The van der Waals surface area contributed by atoms with E-state index in [0.29, 0.717) is 0 Å². The number of nitrogens with zero attached hydrogens (tertiary/aromatic N) is 2. The van der Waals surface area contributed by atoms with E-state index in [9.17, 15) is 0 Å². The summed E-state index contributed by atoms with van der Waals surface area (Å²) in [7, 11) is 3.56. The molecule has 0 atom stereocenters. The Morgan fingerprint density at radius 3 is 2.83 bits per heavy atom. The molecule has 0 fully saturated rings. The second-order valence-electron chi connectivity index (χ2n) is 2.72. The van der Waals surface area contributed by atoms with E-state index in [4.69, 9.17) is 10.6 Å². The minimum absolute atomic E-state index is 0.742. The van der Waals surface area contributed by atoms with Gasteiger partial charge in [-0.1, -0.05) is 0 Å². The quantitative estimate of drug-likeness (QED) is 0.673. The second kappa shape index (κ2) is 2.20. The van der Waals surface area contributed by atoms with Crippen LogP contribution in [0.3, 0.4) is 0 Å². The first-order chi connectivity index (χ1) is 5.74. The van der Waals surface area contributed by atoms with E-state index in [0.717, 1.165) is 16.9 Å². The summed E-state index contributed by atoms with van der Waals surface area (Å²) in [6.45, 7) is 0. The minimum Gasteiger partial charge on any atom is -0.417 e. The van der Waals surface area contributed by atoms with Crippen molar-refractivity contribution in [3.05, 3.63) is 18.3 Å². The Hall–Kier alpha value is -1.58. The van der Waals surface area contributed by atoms with Gasteiger partial charge in [-0.25, -0.2) is 0 Å². The monoisotopic (exact) mass is 165 g/mol. The lowest BCUT2D eigenvalue weighted by molar-refractivity contribution is 0.179. The molecule has 2 aromatic rings. The average Bonchev–Trinajstić information content (AvgIpc) is 2.55. The summed E-state index contributed by atoms with van der Waals surface area (Å²) in [5.74, 6) is 0.742. The van der Waals surface area contributed by atoms with Crippen molar-refractivity contribution in [2.45, 2.75) is 0 Å². The first-order valence-corrected chi connectivity index (χ1v) is 3.71. The number of anilines is 1. The predicted molar refractivity (Wildman–Crippen MR) is 47.8 cm³/mol. The van der Waals surface area contributed by atoms with E-state index >= 15 is 0 Å². The Morgan fingerprint density at radius 2 is 2.17 bits per heavy atom. The number of nitrogen functional groups attached to an aromatic ring is 1. The van der Waals surface area contributed by atoms with Gasteiger partial charge in [0.15, 0.2) is 0 Å².